The molecule has 0 saturated carbocycles. The van der Waals surface area contributed by atoms with Gasteiger partial charge in [0.05, 0.1) is 10.2 Å². The minimum absolute atomic E-state index is 0.263. The van der Waals surface area contributed by atoms with Gasteiger partial charge in [0.1, 0.15) is 0 Å². The lowest BCUT2D eigenvalue weighted by molar-refractivity contribution is -0.131. The molecular weight excluding hydrogens is 282 g/mol. The summed E-state index contributed by atoms with van der Waals surface area (Å²) < 4.78 is 1.19. The summed E-state index contributed by atoms with van der Waals surface area (Å²) in [5.41, 5.74) is 2.27. The van der Waals surface area contributed by atoms with Crippen LogP contribution in [0.1, 0.15) is 31.2 Å². The Kier molecular flexibility index (Phi) is 4.39. The van der Waals surface area contributed by atoms with Crippen LogP contribution in [0.15, 0.2) is 18.2 Å². The van der Waals surface area contributed by atoms with Crippen LogP contribution in [0.25, 0.3) is 10.2 Å². The molecule has 1 aliphatic rings. The molecule has 1 aromatic carbocycles. The summed E-state index contributed by atoms with van der Waals surface area (Å²) in [5, 5.41) is 4.19. The van der Waals surface area contributed by atoms with E-state index in [2.05, 4.69) is 29.4 Å². The number of aromatic nitrogens is 1. The highest BCUT2D eigenvalue weighted by Crippen LogP contribution is 2.26. The molecule has 1 amide bonds. The van der Waals surface area contributed by atoms with E-state index >= 15 is 0 Å². The first-order valence-electron chi connectivity index (χ1n) is 7.61. The molecule has 1 aliphatic heterocycles. The molecule has 5 heteroatoms. The second-order valence-electron chi connectivity index (χ2n) is 5.61. The molecule has 112 valence electrons. The highest BCUT2D eigenvalue weighted by molar-refractivity contribution is 7.22. The van der Waals surface area contributed by atoms with Crippen LogP contribution in [0.4, 0.5) is 5.13 Å². The number of anilines is 1. The number of amides is 1. The van der Waals surface area contributed by atoms with Crippen LogP contribution in [0.5, 0.6) is 0 Å². The molecule has 1 fully saturated rings. The minimum atomic E-state index is 0.263. The van der Waals surface area contributed by atoms with Gasteiger partial charge in [0.15, 0.2) is 5.13 Å². The SMILES string of the molecule is Cc1ccc2nc(NCCC(=O)N3CCCCC3)sc2c1. The molecule has 0 unspecified atom stereocenters. The monoisotopic (exact) mass is 303 g/mol. The second kappa shape index (κ2) is 6.43. The van der Waals surface area contributed by atoms with E-state index in [9.17, 15) is 4.79 Å². The smallest absolute Gasteiger partial charge is 0.224 e. The van der Waals surface area contributed by atoms with Crippen LogP contribution >= 0.6 is 11.3 Å². The van der Waals surface area contributed by atoms with Crippen molar-refractivity contribution in [1.29, 1.82) is 0 Å². The fourth-order valence-corrected chi connectivity index (χ4v) is 3.67. The van der Waals surface area contributed by atoms with Gasteiger partial charge in [-0.1, -0.05) is 17.4 Å². The molecule has 0 bridgehead atoms. The number of carbonyl (C=O) groups is 1. The van der Waals surface area contributed by atoms with Crippen LogP contribution in [0.2, 0.25) is 0 Å². The first kappa shape index (κ1) is 14.3. The van der Waals surface area contributed by atoms with Gasteiger partial charge in [-0.15, -0.1) is 0 Å². The maximum absolute atomic E-state index is 12.1. The number of benzene rings is 1. The highest BCUT2D eigenvalue weighted by Gasteiger charge is 2.15. The van der Waals surface area contributed by atoms with Gasteiger partial charge in [-0.3, -0.25) is 4.79 Å². The fraction of sp³-hybridized carbons (Fsp3) is 0.500. The Labute approximate surface area is 129 Å². The maximum Gasteiger partial charge on any atom is 0.224 e. The molecule has 0 atom stereocenters. The van der Waals surface area contributed by atoms with Gasteiger partial charge in [0.25, 0.3) is 0 Å². The van der Waals surface area contributed by atoms with E-state index in [0.29, 0.717) is 13.0 Å². The summed E-state index contributed by atoms with van der Waals surface area (Å²) in [6.45, 7) is 4.61. The molecule has 3 rings (SSSR count). The van der Waals surface area contributed by atoms with Crippen LogP contribution < -0.4 is 5.32 Å². The van der Waals surface area contributed by atoms with Gasteiger partial charge >= 0.3 is 0 Å². The summed E-state index contributed by atoms with van der Waals surface area (Å²) in [6, 6.07) is 6.27. The number of thiazole rings is 1. The lowest BCUT2D eigenvalue weighted by Crippen LogP contribution is -2.36. The first-order chi connectivity index (χ1) is 10.2. The van der Waals surface area contributed by atoms with Crippen LogP contribution in [-0.2, 0) is 4.79 Å². The molecule has 4 nitrogen and oxygen atoms in total. The molecule has 1 aromatic heterocycles. The van der Waals surface area contributed by atoms with E-state index < -0.39 is 0 Å². The molecule has 2 aromatic rings. The Bertz CT molecular complexity index is 631. The first-order valence-corrected chi connectivity index (χ1v) is 8.43. The Hall–Kier alpha value is -1.62. The van der Waals surface area contributed by atoms with Gasteiger partial charge < -0.3 is 10.2 Å². The molecule has 0 aliphatic carbocycles. The number of aryl methyl sites for hydroxylation is 1. The van der Waals surface area contributed by atoms with Gasteiger partial charge in [0, 0.05) is 26.1 Å². The Morgan fingerprint density at radius 1 is 1.33 bits per heavy atom. The summed E-state index contributed by atoms with van der Waals surface area (Å²) in [7, 11) is 0. The number of hydrogen-bond acceptors (Lipinski definition) is 4. The second-order valence-corrected chi connectivity index (χ2v) is 6.64. The maximum atomic E-state index is 12.1. The number of piperidine rings is 1. The fourth-order valence-electron chi connectivity index (χ4n) is 2.69. The zero-order valence-electron chi connectivity index (χ0n) is 12.4. The van der Waals surface area contributed by atoms with Crippen molar-refractivity contribution in [3.63, 3.8) is 0 Å². The van der Waals surface area contributed by atoms with Crippen molar-refractivity contribution in [3.05, 3.63) is 23.8 Å². The van der Waals surface area contributed by atoms with E-state index in [1.807, 2.05) is 11.0 Å². The predicted octanol–water partition coefficient (Wildman–Crippen LogP) is 3.42. The van der Waals surface area contributed by atoms with Crippen molar-refractivity contribution < 1.29 is 4.79 Å². The van der Waals surface area contributed by atoms with Crippen LogP contribution in [0.3, 0.4) is 0 Å². The minimum Gasteiger partial charge on any atom is -0.361 e. The molecule has 21 heavy (non-hydrogen) atoms. The van der Waals surface area contributed by atoms with Crippen molar-refractivity contribution in [2.24, 2.45) is 0 Å². The predicted molar refractivity (Wildman–Crippen MR) is 87.9 cm³/mol. The zero-order chi connectivity index (χ0) is 14.7. The van der Waals surface area contributed by atoms with Gasteiger partial charge in [0.2, 0.25) is 5.91 Å². The van der Waals surface area contributed by atoms with E-state index in [1.165, 1.54) is 16.7 Å². The lowest BCUT2D eigenvalue weighted by Gasteiger charge is -2.26. The van der Waals surface area contributed by atoms with Crippen LogP contribution in [-0.4, -0.2) is 35.4 Å². The number of likely N-dealkylation sites (tertiary alicyclic amines) is 1. The summed E-state index contributed by atoms with van der Waals surface area (Å²) in [6.07, 6.45) is 4.11. The van der Waals surface area contributed by atoms with E-state index in [4.69, 9.17) is 0 Å². The molecule has 1 N–H and O–H groups in total. The third kappa shape index (κ3) is 3.53. The summed E-state index contributed by atoms with van der Waals surface area (Å²) in [4.78, 5) is 18.6. The van der Waals surface area contributed by atoms with Crippen LogP contribution in [0, 0.1) is 6.92 Å². The van der Waals surface area contributed by atoms with Gasteiger partial charge in [-0.2, -0.15) is 0 Å². The van der Waals surface area contributed by atoms with Crippen molar-refractivity contribution in [3.8, 4) is 0 Å². The number of rotatable bonds is 4. The van der Waals surface area contributed by atoms with Gasteiger partial charge in [-0.05, 0) is 43.9 Å². The number of carbonyl (C=O) groups excluding carboxylic acids is 1. The third-order valence-corrected chi connectivity index (χ3v) is 4.84. The number of hydrogen-bond donors (Lipinski definition) is 1. The quantitative estimate of drug-likeness (QED) is 0.941. The van der Waals surface area contributed by atoms with Crippen molar-refractivity contribution in [2.45, 2.75) is 32.6 Å². The number of nitrogens with zero attached hydrogens (tertiary/aromatic N) is 2. The summed E-state index contributed by atoms with van der Waals surface area (Å²) in [5.74, 6) is 0.263. The third-order valence-electron chi connectivity index (χ3n) is 3.87. The van der Waals surface area contributed by atoms with E-state index in [-0.39, 0.29) is 5.91 Å². The van der Waals surface area contributed by atoms with Crippen molar-refractivity contribution in [1.82, 2.24) is 9.88 Å². The standard InChI is InChI=1S/C16H21N3OS/c1-12-5-6-13-14(11-12)21-16(18-13)17-8-7-15(20)19-9-3-2-4-10-19/h5-6,11H,2-4,7-10H2,1H3,(H,17,18). The van der Waals surface area contributed by atoms with Crippen molar-refractivity contribution >= 4 is 32.6 Å². The number of nitrogens with one attached hydrogen (secondary N) is 1. The molecule has 1 saturated heterocycles. The molecule has 2 heterocycles. The average molecular weight is 303 g/mol. The van der Waals surface area contributed by atoms with Gasteiger partial charge in [-0.25, -0.2) is 4.98 Å². The largest absolute Gasteiger partial charge is 0.361 e. The Balaban J connectivity index is 1.53. The lowest BCUT2D eigenvalue weighted by atomic mass is 10.1. The Morgan fingerprint density at radius 2 is 2.14 bits per heavy atom. The normalized spacial score (nSPS) is 15.4. The highest BCUT2D eigenvalue weighted by atomic mass is 32.1. The average Bonchev–Trinajstić information content (AvgIpc) is 2.89. The molecule has 0 radical (unpaired) electrons. The molecular formula is C16H21N3OS. The van der Waals surface area contributed by atoms with Crippen molar-refractivity contribution in [2.75, 3.05) is 25.0 Å². The topological polar surface area (TPSA) is 45.2 Å². The van der Waals surface area contributed by atoms with E-state index in [1.54, 1.807) is 11.3 Å². The summed E-state index contributed by atoms with van der Waals surface area (Å²) >= 11 is 1.65. The molecule has 0 spiro atoms. The zero-order valence-corrected chi connectivity index (χ0v) is 13.2. The Morgan fingerprint density at radius 3 is 2.95 bits per heavy atom. The van der Waals surface area contributed by atoms with E-state index in [0.717, 1.165) is 36.6 Å². The number of fused-ring (bicyclic) bond motifs is 1.